The third-order valence-corrected chi connectivity index (χ3v) is 2.54. The Labute approximate surface area is 106 Å². The van der Waals surface area contributed by atoms with E-state index in [0.717, 1.165) is 12.0 Å². The van der Waals surface area contributed by atoms with Gasteiger partial charge in [-0.1, -0.05) is 12.1 Å². The van der Waals surface area contributed by atoms with E-state index in [4.69, 9.17) is 5.73 Å². The fourth-order valence-electron chi connectivity index (χ4n) is 1.67. The van der Waals surface area contributed by atoms with Gasteiger partial charge >= 0.3 is 0 Å². The number of hydrogen-bond donors (Lipinski definition) is 2. The van der Waals surface area contributed by atoms with Crippen LogP contribution in [0.25, 0.3) is 0 Å². The van der Waals surface area contributed by atoms with Crippen molar-refractivity contribution in [1.82, 2.24) is 4.98 Å². The highest BCUT2D eigenvalue weighted by atomic mass is 16.1. The second-order valence-electron chi connectivity index (χ2n) is 3.93. The normalized spacial score (nSPS) is 10.1. The van der Waals surface area contributed by atoms with E-state index in [9.17, 15) is 4.79 Å². The molecule has 4 nitrogen and oxygen atoms in total. The van der Waals surface area contributed by atoms with Crippen molar-refractivity contribution >= 4 is 11.6 Å². The molecule has 1 amide bonds. The largest absolute Gasteiger partial charge is 0.330 e. The first-order chi connectivity index (χ1) is 8.79. The van der Waals surface area contributed by atoms with Crippen LogP contribution in [0, 0.1) is 0 Å². The monoisotopic (exact) mass is 241 g/mol. The maximum atomic E-state index is 12.0. The van der Waals surface area contributed by atoms with E-state index in [0.29, 0.717) is 17.8 Å². The van der Waals surface area contributed by atoms with Gasteiger partial charge in [0.25, 0.3) is 5.91 Å². The second-order valence-corrected chi connectivity index (χ2v) is 3.93. The predicted molar refractivity (Wildman–Crippen MR) is 71.4 cm³/mol. The molecule has 0 bridgehead atoms. The maximum Gasteiger partial charge on any atom is 0.255 e. The van der Waals surface area contributed by atoms with E-state index < -0.39 is 0 Å². The van der Waals surface area contributed by atoms with Crippen molar-refractivity contribution in [1.29, 1.82) is 0 Å². The van der Waals surface area contributed by atoms with Gasteiger partial charge in [0, 0.05) is 11.8 Å². The van der Waals surface area contributed by atoms with Crippen LogP contribution in [0.5, 0.6) is 0 Å². The van der Waals surface area contributed by atoms with Crippen LogP contribution in [0.2, 0.25) is 0 Å². The standard InChI is InChI=1S/C14H15N3O/c15-7-6-11-3-1-4-12(9-11)14(18)17-13-5-2-8-16-10-13/h1-5,8-10H,6-7,15H2,(H,17,18). The smallest absolute Gasteiger partial charge is 0.255 e. The molecule has 4 heteroatoms. The van der Waals surface area contributed by atoms with E-state index in [1.165, 1.54) is 0 Å². The SMILES string of the molecule is NCCc1cccc(C(=O)Nc2cccnc2)c1. The molecule has 0 spiro atoms. The topological polar surface area (TPSA) is 68.0 Å². The number of carbonyl (C=O) groups excluding carboxylic acids is 1. The van der Waals surface area contributed by atoms with Gasteiger partial charge in [0.1, 0.15) is 0 Å². The molecule has 1 heterocycles. The van der Waals surface area contributed by atoms with E-state index in [1.54, 1.807) is 30.6 Å². The van der Waals surface area contributed by atoms with Crippen LogP contribution >= 0.6 is 0 Å². The molecule has 18 heavy (non-hydrogen) atoms. The summed E-state index contributed by atoms with van der Waals surface area (Å²) in [6, 6.07) is 11.1. The average molecular weight is 241 g/mol. The van der Waals surface area contributed by atoms with Crippen molar-refractivity contribution < 1.29 is 4.79 Å². The number of rotatable bonds is 4. The van der Waals surface area contributed by atoms with Gasteiger partial charge in [-0.25, -0.2) is 0 Å². The van der Waals surface area contributed by atoms with Gasteiger partial charge in [0.15, 0.2) is 0 Å². The van der Waals surface area contributed by atoms with E-state index >= 15 is 0 Å². The summed E-state index contributed by atoms with van der Waals surface area (Å²) in [6.45, 7) is 0.577. The molecule has 0 atom stereocenters. The van der Waals surface area contributed by atoms with Crippen LogP contribution < -0.4 is 11.1 Å². The first kappa shape index (κ1) is 12.3. The molecule has 3 N–H and O–H groups in total. The number of nitrogens with zero attached hydrogens (tertiary/aromatic N) is 1. The lowest BCUT2D eigenvalue weighted by Crippen LogP contribution is -2.12. The van der Waals surface area contributed by atoms with E-state index in [2.05, 4.69) is 10.3 Å². The number of amides is 1. The summed E-state index contributed by atoms with van der Waals surface area (Å²) in [5.41, 5.74) is 7.88. The minimum atomic E-state index is -0.137. The lowest BCUT2D eigenvalue weighted by atomic mass is 10.1. The van der Waals surface area contributed by atoms with Crippen LogP contribution in [0.4, 0.5) is 5.69 Å². The molecule has 0 unspecified atom stereocenters. The Morgan fingerprint density at radius 3 is 2.89 bits per heavy atom. The van der Waals surface area contributed by atoms with Gasteiger partial charge in [0.2, 0.25) is 0 Å². The minimum Gasteiger partial charge on any atom is -0.330 e. The number of carbonyl (C=O) groups is 1. The summed E-state index contributed by atoms with van der Waals surface area (Å²) >= 11 is 0. The lowest BCUT2D eigenvalue weighted by Gasteiger charge is -2.06. The van der Waals surface area contributed by atoms with Crippen molar-refractivity contribution in [3.05, 3.63) is 59.9 Å². The molecule has 2 aromatic rings. The number of pyridine rings is 1. The van der Waals surface area contributed by atoms with Crippen molar-refractivity contribution in [3.8, 4) is 0 Å². The van der Waals surface area contributed by atoms with Crippen LogP contribution in [0.3, 0.4) is 0 Å². The third kappa shape index (κ3) is 3.15. The van der Waals surface area contributed by atoms with Crippen LogP contribution in [0.15, 0.2) is 48.8 Å². The quantitative estimate of drug-likeness (QED) is 0.858. The Hall–Kier alpha value is -2.20. The molecular formula is C14H15N3O. The highest BCUT2D eigenvalue weighted by Crippen LogP contribution is 2.09. The van der Waals surface area contributed by atoms with Crippen LogP contribution in [-0.4, -0.2) is 17.4 Å². The summed E-state index contributed by atoms with van der Waals surface area (Å²) in [6.07, 6.45) is 4.05. The molecule has 0 aliphatic rings. The summed E-state index contributed by atoms with van der Waals surface area (Å²) in [5.74, 6) is -0.137. The number of nitrogens with one attached hydrogen (secondary N) is 1. The molecule has 92 valence electrons. The van der Waals surface area contributed by atoms with Crippen molar-refractivity contribution in [3.63, 3.8) is 0 Å². The first-order valence-electron chi connectivity index (χ1n) is 5.80. The average Bonchev–Trinajstić information content (AvgIpc) is 2.40. The zero-order valence-corrected chi connectivity index (χ0v) is 9.97. The Morgan fingerprint density at radius 1 is 1.28 bits per heavy atom. The Balaban J connectivity index is 2.11. The van der Waals surface area contributed by atoms with Gasteiger partial charge in [-0.05, 0) is 42.8 Å². The molecule has 0 saturated heterocycles. The summed E-state index contributed by atoms with van der Waals surface area (Å²) in [7, 11) is 0. The number of aromatic nitrogens is 1. The first-order valence-corrected chi connectivity index (χ1v) is 5.80. The van der Waals surface area contributed by atoms with Gasteiger partial charge < -0.3 is 11.1 Å². The van der Waals surface area contributed by atoms with Crippen molar-refractivity contribution in [2.75, 3.05) is 11.9 Å². The molecule has 0 saturated carbocycles. The van der Waals surface area contributed by atoms with Crippen molar-refractivity contribution in [2.45, 2.75) is 6.42 Å². The minimum absolute atomic E-state index is 0.137. The fourth-order valence-corrected chi connectivity index (χ4v) is 1.67. The number of hydrogen-bond acceptors (Lipinski definition) is 3. The van der Waals surface area contributed by atoms with E-state index in [1.807, 2.05) is 18.2 Å². The Morgan fingerprint density at radius 2 is 2.17 bits per heavy atom. The number of benzene rings is 1. The maximum absolute atomic E-state index is 12.0. The predicted octanol–water partition coefficient (Wildman–Crippen LogP) is 1.84. The summed E-state index contributed by atoms with van der Waals surface area (Å²) in [4.78, 5) is 15.9. The molecule has 0 aliphatic carbocycles. The second kappa shape index (κ2) is 5.93. The van der Waals surface area contributed by atoms with Crippen LogP contribution in [-0.2, 0) is 6.42 Å². The van der Waals surface area contributed by atoms with Crippen LogP contribution in [0.1, 0.15) is 15.9 Å². The molecule has 0 radical (unpaired) electrons. The van der Waals surface area contributed by atoms with E-state index in [-0.39, 0.29) is 5.91 Å². The Kier molecular flexibility index (Phi) is 4.04. The molecule has 0 aliphatic heterocycles. The fraction of sp³-hybridized carbons (Fsp3) is 0.143. The molecular weight excluding hydrogens is 226 g/mol. The van der Waals surface area contributed by atoms with Gasteiger partial charge in [0.05, 0.1) is 11.9 Å². The van der Waals surface area contributed by atoms with Gasteiger partial charge in [-0.3, -0.25) is 9.78 Å². The molecule has 1 aromatic carbocycles. The third-order valence-electron chi connectivity index (χ3n) is 2.54. The summed E-state index contributed by atoms with van der Waals surface area (Å²) < 4.78 is 0. The highest BCUT2D eigenvalue weighted by Gasteiger charge is 2.06. The zero-order chi connectivity index (χ0) is 12.8. The number of nitrogens with two attached hydrogens (primary N) is 1. The molecule has 0 fully saturated rings. The van der Waals surface area contributed by atoms with Crippen molar-refractivity contribution in [2.24, 2.45) is 5.73 Å². The highest BCUT2D eigenvalue weighted by molar-refractivity contribution is 6.04. The summed E-state index contributed by atoms with van der Waals surface area (Å²) in [5, 5.41) is 2.79. The lowest BCUT2D eigenvalue weighted by molar-refractivity contribution is 0.102. The van der Waals surface area contributed by atoms with Gasteiger partial charge in [-0.2, -0.15) is 0 Å². The molecule has 2 rings (SSSR count). The number of anilines is 1. The zero-order valence-electron chi connectivity index (χ0n) is 9.97. The van der Waals surface area contributed by atoms with Gasteiger partial charge in [-0.15, -0.1) is 0 Å². The Bertz CT molecular complexity index is 526. The molecule has 1 aromatic heterocycles.